The summed E-state index contributed by atoms with van der Waals surface area (Å²) in [6, 6.07) is -1.09. The van der Waals surface area contributed by atoms with Crippen molar-refractivity contribution in [1.29, 1.82) is 0 Å². The molecule has 0 bridgehead atoms. The Balaban J connectivity index is 4.01. The molecule has 0 aromatic carbocycles. The summed E-state index contributed by atoms with van der Waals surface area (Å²) in [6.07, 6.45) is 4.14. The minimum Gasteiger partial charge on any atom is -0.480 e. The quantitative estimate of drug-likeness (QED) is 0.664. The molecule has 0 aromatic rings. The first kappa shape index (κ1) is 13.3. The van der Waals surface area contributed by atoms with Gasteiger partial charge in [-0.15, -0.1) is 12.3 Å². The Morgan fingerprint density at radius 2 is 2.13 bits per heavy atom. The van der Waals surface area contributed by atoms with E-state index in [9.17, 15) is 9.59 Å². The zero-order valence-corrected chi connectivity index (χ0v) is 8.82. The van der Waals surface area contributed by atoms with Gasteiger partial charge in [0.2, 0.25) is 0 Å². The molecule has 2 N–H and O–H groups in total. The van der Waals surface area contributed by atoms with E-state index in [0.29, 0.717) is 0 Å². The van der Waals surface area contributed by atoms with Crippen LogP contribution < -0.4 is 5.32 Å². The number of carboxylic acid groups (broad SMARTS) is 1. The van der Waals surface area contributed by atoms with Gasteiger partial charge in [-0.25, -0.2) is 9.59 Å². The molecule has 0 aliphatic rings. The number of alkyl carbamates (subject to hydrolysis) is 1. The van der Waals surface area contributed by atoms with Crippen LogP contribution >= 0.6 is 0 Å². The molecule has 15 heavy (non-hydrogen) atoms. The van der Waals surface area contributed by atoms with Gasteiger partial charge in [-0.05, 0) is 5.92 Å². The fourth-order valence-electron chi connectivity index (χ4n) is 0.744. The highest BCUT2D eigenvalue weighted by atomic mass is 16.5. The standard InChI is InChI=1S/C10H15NO4/c1-4-5-8(9(12)13)11-10(14)15-6-7(2)3/h1,7-8H,5-6H2,2-3H3,(H,11,14)(H,12,13)/t8-/m0/s1. The van der Waals surface area contributed by atoms with E-state index in [1.807, 2.05) is 13.8 Å². The lowest BCUT2D eigenvalue weighted by atomic mass is 10.2. The molecule has 0 heterocycles. The smallest absolute Gasteiger partial charge is 0.407 e. The highest BCUT2D eigenvalue weighted by molar-refractivity contribution is 5.80. The van der Waals surface area contributed by atoms with E-state index in [2.05, 4.69) is 11.2 Å². The highest BCUT2D eigenvalue weighted by Crippen LogP contribution is 1.95. The summed E-state index contributed by atoms with van der Waals surface area (Å²) in [5.74, 6) is 1.20. The molecule has 0 radical (unpaired) electrons. The van der Waals surface area contributed by atoms with Crippen molar-refractivity contribution in [2.24, 2.45) is 5.92 Å². The van der Waals surface area contributed by atoms with Crippen LogP contribution in [0.1, 0.15) is 20.3 Å². The average molecular weight is 213 g/mol. The number of nitrogens with one attached hydrogen (secondary N) is 1. The number of terminal acetylenes is 1. The largest absolute Gasteiger partial charge is 0.480 e. The highest BCUT2D eigenvalue weighted by Gasteiger charge is 2.19. The lowest BCUT2D eigenvalue weighted by Crippen LogP contribution is -2.41. The van der Waals surface area contributed by atoms with Gasteiger partial charge < -0.3 is 15.2 Å². The second-order valence-corrected chi connectivity index (χ2v) is 3.44. The molecule has 0 unspecified atom stereocenters. The van der Waals surface area contributed by atoms with E-state index >= 15 is 0 Å². The molecule has 0 saturated carbocycles. The molecule has 84 valence electrons. The van der Waals surface area contributed by atoms with E-state index in [-0.39, 0.29) is 18.9 Å². The number of hydrogen-bond acceptors (Lipinski definition) is 3. The van der Waals surface area contributed by atoms with E-state index in [1.165, 1.54) is 0 Å². The number of amides is 1. The van der Waals surface area contributed by atoms with Gasteiger partial charge >= 0.3 is 12.1 Å². The number of carboxylic acids is 1. The zero-order valence-electron chi connectivity index (χ0n) is 8.82. The van der Waals surface area contributed by atoms with E-state index in [0.717, 1.165) is 0 Å². The lowest BCUT2D eigenvalue weighted by Gasteiger charge is -2.12. The second-order valence-electron chi connectivity index (χ2n) is 3.44. The molecular formula is C10H15NO4. The lowest BCUT2D eigenvalue weighted by molar-refractivity contribution is -0.139. The summed E-state index contributed by atoms with van der Waals surface area (Å²) in [6.45, 7) is 4.00. The van der Waals surface area contributed by atoms with Crippen molar-refractivity contribution < 1.29 is 19.4 Å². The van der Waals surface area contributed by atoms with Crippen LogP contribution in [-0.4, -0.2) is 29.8 Å². The molecule has 5 heteroatoms. The minimum atomic E-state index is -1.17. The predicted octanol–water partition coefficient (Wildman–Crippen LogP) is 0.845. The Hall–Kier alpha value is -1.70. The van der Waals surface area contributed by atoms with Gasteiger partial charge in [0, 0.05) is 6.42 Å². The van der Waals surface area contributed by atoms with Crippen molar-refractivity contribution in [3.63, 3.8) is 0 Å². The topological polar surface area (TPSA) is 75.6 Å². The first-order chi connectivity index (χ1) is 6.97. The van der Waals surface area contributed by atoms with Crippen LogP contribution in [0.4, 0.5) is 4.79 Å². The third-order valence-corrected chi connectivity index (χ3v) is 1.46. The Labute approximate surface area is 88.8 Å². The number of hydrogen-bond donors (Lipinski definition) is 2. The molecule has 0 fully saturated rings. The maximum atomic E-state index is 11.1. The van der Waals surface area contributed by atoms with Crippen LogP contribution in [-0.2, 0) is 9.53 Å². The average Bonchev–Trinajstić information content (AvgIpc) is 2.14. The zero-order chi connectivity index (χ0) is 11.8. The first-order valence-electron chi connectivity index (χ1n) is 4.57. The fourth-order valence-corrected chi connectivity index (χ4v) is 0.744. The third kappa shape index (κ3) is 6.38. The van der Waals surface area contributed by atoms with Crippen molar-refractivity contribution in [3.8, 4) is 12.3 Å². The molecule has 0 aliphatic heterocycles. The van der Waals surface area contributed by atoms with E-state index in [4.69, 9.17) is 16.3 Å². The van der Waals surface area contributed by atoms with Crippen LogP contribution in [0, 0.1) is 18.3 Å². The fraction of sp³-hybridized carbons (Fsp3) is 0.600. The summed E-state index contributed by atoms with van der Waals surface area (Å²) in [5.41, 5.74) is 0. The normalized spacial score (nSPS) is 11.6. The van der Waals surface area contributed by atoms with Crippen LogP contribution in [0.15, 0.2) is 0 Å². The van der Waals surface area contributed by atoms with Crippen molar-refractivity contribution >= 4 is 12.1 Å². The maximum absolute atomic E-state index is 11.1. The van der Waals surface area contributed by atoms with E-state index in [1.54, 1.807) is 0 Å². The Morgan fingerprint density at radius 1 is 1.53 bits per heavy atom. The van der Waals surface area contributed by atoms with Gasteiger partial charge in [-0.1, -0.05) is 13.8 Å². The number of aliphatic carboxylic acids is 1. The maximum Gasteiger partial charge on any atom is 0.407 e. The summed E-state index contributed by atoms with van der Waals surface area (Å²) in [5, 5.41) is 10.8. The molecular weight excluding hydrogens is 198 g/mol. The molecule has 5 nitrogen and oxygen atoms in total. The van der Waals surface area contributed by atoms with Crippen LogP contribution in [0.5, 0.6) is 0 Å². The first-order valence-corrected chi connectivity index (χ1v) is 4.57. The molecule has 0 aliphatic carbocycles. The number of ether oxygens (including phenoxy) is 1. The van der Waals surface area contributed by atoms with Gasteiger partial charge in [0.05, 0.1) is 6.61 Å². The number of carbonyl (C=O) groups is 2. The van der Waals surface area contributed by atoms with Gasteiger partial charge in [0.25, 0.3) is 0 Å². The summed E-state index contributed by atoms with van der Waals surface area (Å²) in [4.78, 5) is 21.7. The summed E-state index contributed by atoms with van der Waals surface area (Å²) < 4.78 is 4.75. The number of carbonyl (C=O) groups excluding carboxylic acids is 1. The van der Waals surface area contributed by atoms with Gasteiger partial charge in [-0.3, -0.25) is 0 Å². The van der Waals surface area contributed by atoms with Crippen molar-refractivity contribution in [3.05, 3.63) is 0 Å². The van der Waals surface area contributed by atoms with Gasteiger partial charge in [0.1, 0.15) is 6.04 Å². The van der Waals surface area contributed by atoms with Gasteiger partial charge in [0.15, 0.2) is 0 Å². The summed E-state index contributed by atoms with van der Waals surface area (Å²) >= 11 is 0. The Morgan fingerprint density at radius 3 is 2.53 bits per heavy atom. The van der Waals surface area contributed by atoms with Crippen LogP contribution in [0.25, 0.3) is 0 Å². The molecule has 1 atom stereocenters. The van der Waals surface area contributed by atoms with Crippen molar-refractivity contribution in [1.82, 2.24) is 5.32 Å². The molecule has 0 spiro atoms. The predicted molar refractivity (Wildman–Crippen MR) is 54.2 cm³/mol. The van der Waals surface area contributed by atoms with Crippen LogP contribution in [0.2, 0.25) is 0 Å². The Kier molecular flexibility index (Phi) is 5.95. The van der Waals surface area contributed by atoms with E-state index < -0.39 is 18.1 Å². The third-order valence-electron chi connectivity index (χ3n) is 1.46. The monoisotopic (exact) mass is 213 g/mol. The van der Waals surface area contributed by atoms with Crippen LogP contribution in [0.3, 0.4) is 0 Å². The summed E-state index contributed by atoms with van der Waals surface area (Å²) in [7, 11) is 0. The number of rotatable bonds is 5. The molecule has 1 amide bonds. The molecule has 0 aromatic heterocycles. The second kappa shape index (κ2) is 6.71. The van der Waals surface area contributed by atoms with Crippen molar-refractivity contribution in [2.75, 3.05) is 6.61 Å². The van der Waals surface area contributed by atoms with Crippen molar-refractivity contribution in [2.45, 2.75) is 26.3 Å². The molecule has 0 rings (SSSR count). The van der Waals surface area contributed by atoms with Gasteiger partial charge in [-0.2, -0.15) is 0 Å². The Bertz CT molecular complexity index is 267. The molecule has 0 saturated heterocycles. The minimum absolute atomic E-state index is 0.0634. The SMILES string of the molecule is C#CC[C@H](NC(=O)OCC(C)C)C(=O)O.